The first-order valence-electron chi connectivity index (χ1n) is 8.73. The van der Waals surface area contributed by atoms with Crippen molar-refractivity contribution in [1.29, 1.82) is 0 Å². The maximum absolute atomic E-state index is 13.7. The number of likely N-dealkylation sites (tertiary alicyclic amines) is 1. The third kappa shape index (κ3) is 5.13. The van der Waals surface area contributed by atoms with Gasteiger partial charge in [0.05, 0.1) is 11.7 Å². The number of aliphatic hydroxyl groups excluding tert-OH is 1. The van der Waals surface area contributed by atoms with E-state index in [2.05, 4.69) is 26.1 Å². The van der Waals surface area contributed by atoms with Crippen LogP contribution in [0.5, 0.6) is 0 Å². The quantitative estimate of drug-likeness (QED) is 0.778. The topological polar surface area (TPSA) is 52.6 Å². The summed E-state index contributed by atoms with van der Waals surface area (Å²) in [5.74, 6) is -0.965. The van der Waals surface area contributed by atoms with Gasteiger partial charge in [0, 0.05) is 30.7 Å². The summed E-state index contributed by atoms with van der Waals surface area (Å²) in [5, 5.41) is 12.3. The SMILES string of the molecule is O=C(NCc1ccc(CN2CCC(O)CC2)cc1)c1cc(Br)ccc1F. The molecule has 4 nitrogen and oxygen atoms in total. The third-order valence-electron chi connectivity index (χ3n) is 4.61. The zero-order valence-electron chi connectivity index (χ0n) is 14.4. The molecule has 0 radical (unpaired) electrons. The maximum Gasteiger partial charge on any atom is 0.254 e. The Morgan fingerprint density at radius 2 is 1.81 bits per heavy atom. The minimum absolute atomic E-state index is 0.0308. The Hall–Kier alpha value is -1.76. The summed E-state index contributed by atoms with van der Waals surface area (Å²) < 4.78 is 14.4. The van der Waals surface area contributed by atoms with Crippen LogP contribution in [0.3, 0.4) is 0 Å². The van der Waals surface area contributed by atoms with Crippen LogP contribution in [-0.2, 0) is 13.1 Å². The maximum atomic E-state index is 13.7. The van der Waals surface area contributed by atoms with E-state index in [4.69, 9.17) is 0 Å². The first kappa shape index (κ1) is 19.0. The Kier molecular flexibility index (Phi) is 6.40. The average molecular weight is 421 g/mol. The molecule has 0 atom stereocenters. The van der Waals surface area contributed by atoms with E-state index in [0.29, 0.717) is 11.0 Å². The highest BCUT2D eigenvalue weighted by Gasteiger charge is 2.17. The number of carbonyl (C=O) groups excluding carboxylic acids is 1. The van der Waals surface area contributed by atoms with Crippen LogP contribution in [0.1, 0.15) is 34.3 Å². The van der Waals surface area contributed by atoms with Gasteiger partial charge < -0.3 is 10.4 Å². The Morgan fingerprint density at radius 3 is 2.50 bits per heavy atom. The van der Waals surface area contributed by atoms with E-state index in [1.807, 2.05) is 24.3 Å². The third-order valence-corrected chi connectivity index (χ3v) is 5.11. The summed E-state index contributed by atoms with van der Waals surface area (Å²) in [7, 11) is 0. The highest BCUT2D eigenvalue weighted by molar-refractivity contribution is 9.10. The Morgan fingerprint density at radius 1 is 1.15 bits per heavy atom. The number of nitrogens with zero attached hydrogens (tertiary/aromatic N) is 1. The molecule has 1 aliphatic rings. The number of nitrogens with one attached hydrogen (secondary N) is 1. The van der Waals surface area contributed by atoms with Gasteiger partial charge >= 0.3 is 0 Å². The number of hydrogen-bond donors (Lipinski definition) is 2. The van der Waals surface area contributed by atoms with Gasteiger partial charge in [-0.15, -0.1) is 0 Å². The van der Waals surface area contributed by atoms with Crippen LogP contribution in [0.25, 0.3) is 0 Å². The number of halogens is 2. The molecule has 2 aromatic rings. The number of carbonyl (C=O) groups is 1. The zero-order valence-corrected chi connectivity index (χ0v) is 16.0. The first-order chi connectivity index (χ1) is 12.5. The van der Waals surface area contributed by atoms with Crippen molar-refractivity contribution < 1.29 is 14.3 Å². The number of benzene rings is 2. The van der Waals surface area contributed by atoms with E-state index in [1.54, 1.807) is 6.07 Å². The molecule has 0 bridgehead atoms. The Balaban J connectivity index is 1.52. The summed E-state index contributed by atoms with van der Waals surface area (Å²) in [6.45, 7) is 3.04. The fraction of sp³-hybridized carbons (Fsp3) is 0.350. The van der Waals surface area contributed by atoms with Crippen LogP contribution in [-0.4, -0.2) is 35.1 Å². The molecule has 0 aromatic heterocycles. The van der Waals surface area contributed by atoms with Crippen LogP contribution in [0.2, 0.25) is 0 Å². The second-order valence-electron chi connectivity index (χ2n) is 6.63. The fourth-order valence-electron chi connectivity index (χ4n) is 3.05. The Bertz CT molecular complexity index is 759. The number of amides is 1. The standard InChI is InChI=1S/C20H22BrFN2O2/c21-16-5-6-19(22)18(11-16)20(26)23-12-14-1-3-15(4-2-14)13-24-9-7-17(25)8-10-24/h1-6,11,17,25H,7-10,12-13H2,(H,23,26). The monoisotopic (exact) mass is 420 g/mol. The molecule has 3 rings (SSSR count). The smallest absolute Gasteiger partial charge is 0.254 e. The molecule has 1 saturated heterocycles. The first-order valence-corrected chi connectivity index (χ1v) is 9.52. The number of rotatable bonds is 5. The molecule has 0 saturated carbocycles. The number of piperidine rings is 1. The van der Waals surface area contributed by atoms with Crippen LogP contribution in [0.4, 0.5) is 4.39 Å². The van der Waals surface area contributed by atoms with E-state index < -0.39 is 11.7 Å². The summed E-state index contributed by atoms with van der Waals surface area (Å²) in [5.41, 5.74) is 2.20. The molecule has 2 N–H and O–H groups in total. The van der Waals surface area contributed by atoms with Gasteiger partial charge in [0.25, 0.3) is 5.91 Å². The highest BCUT2D eigenvalue weighted by Crippen LogP contribution is 2.16. The summed E-state index contributed by atoms with van der Waals surface area (Å²) in [4.78, 5) is 14.5. The predicted molar refractivity (Wildman–Crippen MR) is 102 cm³/mol. The van der Waals surface area contributed by atoms with Crippen molar-refractivity contribution in [3.05, 3.63) is 69.4 Å². The Labute approximate surface area is 161 Å². The lowest BCUT2D eigenvalue weighted by molar-refractivity contribution is 0.0792. The molecule has 1 aliphatic heterocycles. The van der Waals surface area contributed by atoms with Crippen molar-refractivity contribution in [2.24, 2.45) is 0 Å². The van der Waals surface area contributed by atoms with E-state index in [0.717, 1.165) is 38.0 Å². The minimum atomic E-state index is -0.535. The van der Waals surface area contributed by atoms with Gasteiger partial charge in [0.1, 0.15) is 5.82 Å². The van der Waals surface area contributed by atoms with Crippen molar-refractivity contribution in [3.8, 4) is 0 Å². The van der Waals surface area contributed by atoms with Gasteiger partial charge in [-0.3, -0.25) is 9.69 Å². The number of aliphatic hydroxyl groups is 1. The van der Waals surface area contributed by atoms with Crippen molar-refractivity contribution in [2.75, 3.05) is 13.1 Å². The zero-order chi connectivity index (χ0) is 18.5. The average Bonchev–Trinajstić information content (AvgIpc) is 2.65. The summed E-state index contributed by atoms with van der Waals surface area (Å²) in [6, 6.07) is 12.4. The van der Waals surface area contributed by atoms with Crippen molar-refractivity contribution in [3.63, 3.8) is 0 Å². The minimum Gasteiger partial charge on any atom is -0.393 e. The van der Waals surface area contributed by atoms with E-state index >= 15 is 0 Å². The van der Waals surface area contributed by atoms with Gasteiger partial charge in [0.2, 0.25) is 0 Å². The van der Waals surface area contributed by atoms with Crippen LogP contribution >= 0.6 is 15.9 Å². The summed E-state index contributed by atoms with van der Waals surface area (Å²) in [6.07, 6.45) is 1.50. The van der Waals surface area contributed by atoms with Gasteiger partial charge in [-0.05, 0) is 42.2 Å². The molecule has 0 spiro atoms. The predicted octanol–water partition coefficient (Wildman–Crippen LogP) is 3.47. The highest BCUT2D eigenvalue weighted by atomic mass is 79.9. The molecule has 1 amide bonds. The second kappa shape index (κ2) is 8.75. The molecule has 1 fully saturated rings. The normalized spacial score (nSPS) is 15.8. The largest absolute Gasteiger partial charge is 0.393 e. The van der Waals surface area contributed by atoms with Crippen LogP contribution in [0, 0.1) is 5.82 Å². The second-order valence-corrected chi connectivity index (χ2v) is 7.55. The molecule has 138 valence electrons. The van der Waals surface area contributed by atoms with Gasteiger partial charge in [-0.25, -0.2) is 4.39 Å². The van der Waals surface area contributed by atoms with Gasteiger partial charge in [-0.2, -0.15) is 0 Å². The van der Waals surface area contributed by atoms with E-state index in [1.165, 1.54) is 17.7 Å². The van der Waals surface area contributed by atoms with Crippen molar-refractivity contribution in [1.82, 2.24) is 10.2 Å². The molecule has 6 heteroatoms. The lowest BCUT2D eigenvalue weighted by Crippen LogP contribution is -2.35. The van der Waals surface area contributed by atoms with Gasteiger partial charge in [0.15, 0.2) is 0 Å². The lowest BCUT2D eigenvalue weighted by Gasteiger charge is -2.29. The van der Waals surface area contributed by atoms with Crippen LogP contribution in [0.15, 0.2) is 46.9 Å². The fourth-order valence-corrected chi connectivity index (χ4v) is 3.41. The molecule has 2 aromatic carbocycles. The molecular formula is C20H22BrFN2O2. The van der Waals surface area contributed by atoms with Gasteiger partial charge in [-0.1, -0.05) is 40.2 Å². The van der Waals surface area contributed by atoms with E-state index in [-0.39, 0.29) is 11.7 Å². The van der Waals surface area contributed by atoms with Crippen molar-refractivity contribution >= 4 is 21.8 Å². The summed E-state index contributed by atoms with van der Waals surface area (Å²) >= 11 is 3.25. The molecular weight excluding hydrogens is 399 g/mol. The number of hydrogen-bond acceptors (Lipinski definition) is 3. The molecule has 26 heavy (non-hydrogen) atoms. The molecule has 0 unspecified atom stereocenters. The van der Waals surface area contributed by atoms with Crippen molar-refractivity contribution in [2.45, 2.75) is 32.0 Å². The lowest BCUT2D eigenvalue weighted by atomic mass is 10.1. The molecule has 0 aliphatic carbocycles. The van der Waals surface area contributed by atoms with E-state index in [9.17, 15) is 14.3 Å². The van der Waals surface area contributed by atoms with Crippen LogP contribution < -0.4 is 5.32 Å². The molecule has 1 heterocycles.